The SMILES string of the molecule is NC(Cc1ccccc1)Cc1cccc(O)c1. The second-order valence-corrected chi connectivity index (χ2v) is 4.32. The summed E-state index contributed by atoms with van der Waals surface area (Å²) in [6.45, 7) is 0. The fourth-order valence-electron chi connectivity index (χ4n) is 1.98. The predicted molar refractivity (Wildman–Crippen MR) is 69.9 cm³/mol. The molecule has 0 radical (unpaired) electrons. The first-order valence-corrected chi connectivity index (χ1v) is 5.81. The molecule has 17 heavy (non-hydrogen) atoms. The molecule has 0 amide bonds. The second kappa shape index (κ2) is 5.51. The van der Waals surface area contributed by atoms with E-state index in [9.17, 15) is 5.11 Å². The molecule has 2 nitrogen and oxygen atoms in total. The molecule has 1 atom stereocenters. The lowest BCUT2D eigenvalue weighted by molar-refractivity contribution is 0.474. The zero-order valence-electron chi connectivity index (χ0n) is 9.71. The molecule has 88 valence electrons. The molecule has 0 fully saturated rings. The highest BCUT2D eigenvalue weighted by Gasteiger charge is 2.05. The maximum atomic E-state index is 9.37. The third kappa shape index (κ3) is 3.61. The van der Waals surface area contributed by atoms with Gasteiger partial charge in [0.15, 0.2) is 0 Å². The molecule has 3 N–H and O–H groups in total. The van der Waals surface area contributed by atoms with Crippen molar-refractivity contribution in [2.45, 2.75) is 18.9 Å². The third-order valence-electron chi connectivity index (χ3n) is 2.75. The lowest BCUT2D eigenvalue weighted by Gasteiger charge is -2.11. The Balaban J connectivity index is 1.96. The molecule has 2 aromatic carbocycles. The van der Waals surface area contributed by atoms with Crippen LogP contribution in [0, 0.1) is 0 Å². The molecule has 2 aromatic rings. The molecule has 1 unspecified atom stereocenters. The van der Waals surface area contributed by atoms with Crippen LogP contribution in [0.2, 0.25) is 0 Å². The van der Waals surface area contributed by atoms with E-state index in [0.717, 1.165) is 18.4 Å². The first-order chi connectivity index (χ1) is 8.24. The Hall–Kier alpha value is -1.80. The van der Waals surface area contributed by atoms with E-state index in [4.69, 9.17) is 5.73 Å². The number of aromatic hydroxyl groups is 1. The summed E-state index contributed by atoms with van der Waals surface area (Å²) in [6, 6.07) is 17.6. The number of rotatable bonds is 4. The number of hydrogen-bond donors (Lipinski definition) is 2. The van der Waals surface area contributed by atoms with Crippen LogP contribution in [0.25, 0.3) is 0 Å². The molecule has 0 aliphatic rings. The van der Waals surface area contributed by atoms with E-state index in [1.807, 2.05) is 30.3 Å². The summed E-state index contributed by atoms with van der Waals surface area (Å²) in [7, 11) is 0. The van der Waals surface area contributed by atoms with Gasteiger partial charge in [-0.15, -0.1) is 0 Å². The zero-order chi connectivity index (χ0) is 12.1. The molecule has 0 spiro atoms. The molecule has 2 rings (SSSR count). The molecule has 0 saturated carbocycles. The largest absolute Gasteiger partial charge is 0.508 e. The van der Waals surface area contributed by atoms with E-state index in [0.29, 0.717) is 5.75 Å². The summed E-state index contributed by atoms with van der Waals surface area (Å²) in [5.41, 5.74) is 8.43. The molecule has 0 bridgehead atoms. The summed E-state index contributed by atoms with van der Waals surface area (Å²) in [5, 5.41) is 9.37. The second-order valence-electron chi connectivity index (χ2n) is 4.32. The van der Waals surface area contributed by atoms with Crippen LogP contribution >= 0.6 is 0 Å². The fraction of sp³-hybridized carbons (Fsp3) is 0.200. The van der Waals surface area contributed by atoms with E-state index >= 15 is 0 Å². The predicted octanol–water partition coefficient (Wildman–Crippen LogP) is 2.50. The average molecular weight is 227 g/mol. The lowest BCUT2D eigenvalue weighted by atomic mass is 10.00. The van der Waals surface area contributed by atoms with Crippen LogP contribution in [0.3, 0.4) is 0 Å². The maximum Gasteiger partial charge on any atom is 0.115 e. The van der Waals surface area contributed by atoms with Crippen LogP contribution in [0.4, 0.5) is 0 Å². The molecular weight excluding hydrogens is 210 g/mol. The van der Waals surface area contributed by atoms with Gasteiger partial charge in [0.05, 0.1) is 0 Å². The van der Waals surface area contributed by atoms with Gasteiger partial charge in [-0.25, -0.2) is 0 Å². The number of nitrogens with two attached hydrogens (primary N) is 1. The number of phenols is 1. The molecule has 0 aliphatic heterocycles. The van der Waals surface area contributed by atoms with Crippen LogP contribution in [0.1, 0.15) is 11.1 Å². The highest BCUT2D eigenvalue weighted by Crippen LogP contribution is 2.13. The van der Waals surface area contributed by atoms with Crippen LogP contribution in [0.5, 0.6) is 5.75 Å². The van der Waals surface area contributed by atoms with Crippen molar-refractivity contribution in [2.75, 3.05) is 0 Å². The minimum atomic E-state index is 0.0826. The van der Waals surface area contributed by atoms with E-state index in [1.54, 1.807) is 12.1 Å². The van der Waals surface area contributed by atoms with E-state index < -0.39 is 0 Å². The smallest absolute Gasteiger partial charge is 0.115 e. The van der Waals surface area contributed by atoms with Crippen molar-refractivity contribution in [1.82, 2.24) is 0 Å². The summed E-state index contributed by atoms with van der Waals surface area (Å²) < 4.78 is 0. The van der Waals surface area contributed by atoms with Crippen LogP contribution < -0.4 is 5.73 Å². The first-order valence-electron chi connectivity index (χ1n) is 5.81. The van der Waals surface area contributed by atoms with Crippen molar-refractivity contribution >= 4 is 0 Å². The molecule has 0 saturated heterocycles. The van der Waals surface area contributed by atoms with Gasteiger partial charge < -0.3 is 10.8 Å². The lowest BCUT2D eigenvalue weighted by Crippen LogP contribution is -2.25. The topological polar surface area (TPSA) is 46.2 Å². The van der Waals surface area contributed by atoms with Crippen molar-refractivity contribution in [3.05, 3.63) is 65.7 Å². The summed E-state index contributed by atoms with van der Waals surface area (Å²) in [4.78, 5) is 0. The molecule has 0 aliphatic carbocycles. The molecule has 2 heteroatoms. The van der Waals surface area contributed by atoms with Gasteiger partial charge in [0.25, 0.3) is 0 Å². The van der Waals surface area contributed by atoms with E-state index in [2.05, 4.69) is 12.1 Å². The van der Waals surface area contributed by atoms with Gasteiger partial charge in [0.1, 0.15) is 5.75 Å². The minimum absolute atomic E-state index is 0.0826. The average Bonchev–Trinajstić information content (AvgIpc) is 2.30. The van der Waals surface area contributed by atoms with Gasteiger partial charge in [0, 0.05) is 6.04 Å². The Morgan fingerprint density at radius 3 is 2.24 bits per heavy atom. The summed E-state index contributed by atoms with van der Waals surface area (Å²) >= 11 is 0. The molecule has 0 heterocycles. The van der Waals surface area contributed by atoms with Crippen LogP contribution in [-0.4, -0.2) is 11.1 Å². The quantitative estimate of drug-likeness (QED) is 0.843. The summed E-state index contributed by atoms with van der Waals surface area (Å²) in [6.07, 6.45) is 1.64. The van der Waals surface area contributed by atoms with Gasteiger partial charge in [-0.2, -0.15) is 0 Å². The third-order valence-corrected chi connectivity index (χ3v) is 2.75. The van der Waals surface area contributed by atoms with Gasteiger partial charge in [-0.1, -0.05) is 42.5 Å². The zero-order valence-corrected chi connectivity index (χ0v) is 9.71. The maximum absolute atomic E-state index is 9.37. The number of hydrogen-bond acceptors (Lipinski definition) is 2. The fourth-order valence-corrected chi connectivity index (χ4v) is 1.98. The highest BCUT2D eigenvalue weighted by atomic mass is 16.3. The van der Waals surface area contributed by atoms with Crippen molar-refractivity contribution in [2.24, 2.45) is 5.73 Å². The molecular formula is C15H17NO. The van der Waals surface area contributed by atoms with Gasteiger partial charge >= 0.3 is 0 Å². The Morgan fingerprint density at radius 2 is 1.53 bits per heavy atom. The highest BCUT2D eigenvalue weighted by molar-refractivity contribution is 5.28. The minimum Gasteiger partial charge on any atom is -0.508 e. The number of benzene rings is 2. The van der Waals surface area contributed by atoms with Crippen molar-refractivity contribution < 1.29 is 5.11 Å². The number of phenolic OH excluding ortho intramolecular Hbond substituents is 1. The van der Waals surface area contributed by atoms with Crippen molar-refractivity contribution in [3.8, 4) is 5.75 Å². The van der Waals surface area contributed by atoms with Crippen molar-refractivity contribution in [3.63, 3.8) is 0 Å². The molecule has 0 aromatic heterocycles. The normalized spacial score (nSPS) is 12.3. The van der Waals surface area contributed by atoms with E-state index in [-0.39, 0.29) is 6.04 Å². The van der Waals surface area contributed by atoms with Crippen molar-refractivity contribution in [1.29, 1.82) is 0 Å². The van der Waals surface area contributed by atoms with Crippen LogP contribution in [-0.2, 0) is 12.8 Å². The Labute approximate surface area is 102 Å². The standard InChI is InChI=1S/C15H17NO/c16-14(9-12-5-2-1-3-6-12)10-13-7-4-8-15(17)11-13/h1-8,11,14,17H,9-10,16H2. The Morgan fingerprint density at radius 1 is 0.882 bits per heavy atom. The van der Waals surface area contributed by atoms with Gasteiger partial charge in [0.2, 0.25) is 0 Å². The van der Waals surface area contributed by atoms with Crippen LogP contribution in [0.15, 0.2) is 54.6 Å². The van der Waals surface area contributed by atoms with E-state index in [1.165, 1.54) is 5.56 Å². The Kier molecular flexibility index (Phi) is 3.78. The monoisotopic (exact) mass is 227 g/mol. The Bertz CT molecular complexity index is 467. The summed E-state index contributed by atoms with van der Waals surface area (Å²) in [5.74, 6) is 0.300. The van der Waals surface area contributed by atoms with Gasteiger partial charge in [-0.05, 0) is 36.1 Å². The van der Waals surface area contributed by atoms with Gasteiger partial charge in [-0.3, -0.25) is 0 Å². The first kappa shape index (κ1) is 11.7.